The summed E-state index contributed by atoms with van der Waals surface area (Å²) in [7, 11) is 1.71. The van der Waals surface area contributed by atoms with Gasteiger partial charge < -0.3 is 10.5 Å². The highest BCUT2D eigenvalue weighted by Gasteiger charge is 2.11. The molecule has 0 aliphatic rings. The van der Waals surface area contributed by atoms with Gasteiger partial charge >= 0.3 is 0 Å². The third-order valence-electron chi connectivity index (χ3n) is 2.31. The van der Waals surface area contributed by atoms with Gasteiger partial charge in [-0.05, 0) is 24.3 Å². The van der Waals surface area contributed by atoms with Crippen molar-refractivity contribution in [1.29, 1.82) is 5.41 Å². The second-order valence-electron chi connectivity index (χ2n) is 3.67. The number of amidine groups is 1. The minimum Gasteiger partial charge on any atom is -0.385 e. The van der Waals surface area contributed by atoms with Crippen LogP contribution in [0, 0.1) is 5.41 Å². The van der Waals surface area contributed by atoms with Gasteiger partial charge in [-0.2, -0.15) is 0 Å². The highest BCUT2D eigenvalue weighted by molar-refractivity contribution is 8.00. The molecule has 0 aromatic heterocycles. The Bertz CT molecular complexity index is 397. The minimum absolute atomic E-state index is 0.154. The molecule has 0 heterocycles. The number of benzene rings is 1. The Morgan fingerprint density at radius 3 is 2.56 bits per heavy atom. The van der Waals surface area contributed by atoms with Crippen LogP contribution in [-0.2, 0) is 4.74 Å². The number of nitrogen functional groups attached to an aromatic ring is 1. The van der Waals surface area contributed by atoms with Gasteiger partial charge in [-0.3, -0.25) is 5.41 Å². The molecule has 0 saturated heterocycles. The standard InChI is InChI=1S/C13H20N2OS2/c1-3-17-10-6-4-7-11(12(10)13(14)15)18-9-5-8-16-2/h4,6-7H,3,5,8-9H2,1-2H3,(H3,14,15). The summed E-state index contributed by atoms with van der Waals surface area (Å²) in [6, 6.07) is 6.10. The largest absolute Gasteiger partial charge is 0.385 e. The van der Waals surface area contributed by atoms with E-state index >= 15 is 0 Å². The Hall–Kier alpha value is -0.650. The first kappa shape index (κ1) is 15.4. The molecule has 0 atom stereocenters. The summed E-state index contributed by atoms with van der Waals surface area (Å²) >= 11 is 3.47. The van der Waals surface area contributed by atoms with E-state index in [0.717, 1.165) is 39.9 Å². The highest BCUT2D eigenvalue weighted by Crippen LogP contribution is 2.31. The quantitative estimate of drug-likeness (QED) is 0.333. The van der Waals surface area contributed by atoms with Crippen LogP contribution in [0.5, 0.6) is 0 Å². The van der Waals surface area contributed by atoms with Crippen LogP contribution in [0.25, 0.3) is 0 Å². The lowest BCUT2D eigenvalue weighted by molar-refractivity contribution is 0.200. The van der Waals surface area contributed by atoms with Gasteiger partial charge in [0.1, 0.15) is 5.84 Å². The van der Waals surface area contributed by atoms with Crippen LogP contribution in [0.1, 0.15) is 18.9 Å². The number of ether oxygens (including phenoxy) is 1. The van der Waals surface area contributed by atoms with Gasteiger partial charge in [0.2, 0.25) is 0 Å². The summed E-state index contributed by atoms with van der Waals surface area (Å²) in [6.45, 7) is 2.87. The topological polar surface area (TPSA) is 59.1 Å². The van der Waals surface area contributed by atoms with Gasteiger partial charge in [-0.15, -0.1) is 23.5 Å². The van der Waals surface area contributed by atoms with E-state index in [2.05, 4.69) is 6.92 Å². The van der Waals surface area contributed by atoms with Crippen LogP contribution < -0.4 is 5.73 Å². The van der Waals surface area contributed by atoms with Crippen molar-refractivity contribution in [3.05, 3.63) is 23.8 Å². The molecule has 5 heteroatoms. The SMILES string of the molecule is CCSc1cccc(SCCCOC)c1C(=N)N. The lowest BCUT2D eigenvalue weighted by Crippen LogP contribution is -2.14. The fraction of sp³-hybridized carbons (Fsp3) is 0.462. The first-order valence-corrected chi connectivity index (χ1v) is 7.89. The third-order valence-corrected chi connectivity index (χ3v) is 4.39. The van der Waals surface area contributed by atoms with E-state index in [1.54, 1.807) is 30.6 Å². The molecule has 18 heavy (non-hydrogen) atoms. The maximum Gasteiger partial charge on any atom is 0.125 e. The molecule has 0 unspecified atom stereocenters. The van der Waals surface area contributed by atoms with E-state index in [1.807, 2.05) is 18.2 Å². The predicted molar refractivity (Wildman–Crippen MR) is 81.1 cm³/mol. The van der Waals surface area contributed by atoms with Crippen molar-refractivity contribution in [2.75, 3.05) is 25.2 Å². The Morgan fingerprint density at radius 2 is 2.00 bits per heavy atom. The zero-order valence-corrected chi connectivity index (χ0v) is 12.5. The van der Waals surface area contributed by atoms with Crippen molar-refractivity contribution in [3.63, 3.8) is 0 Å². The van der Waals surface area contributed by atoms with E-state index < -0.39 is 0 Å². The minimum atomic E-state index is 0.154. The average Bonchev–Trinajstić information content (AvgIpc) is 2.35. The second-order valence-corrected chi connectivity index (χ2v) is 6.11. The number of methoxy groups -OCH3 is 1. The average molecular weight is 284 g/mol. The van der Waals surface area contributed by atoms with Crippen molar-refractivity contribution in [3.8, 4) is 0 Å². The molecule has 3 nitrogen and oxygen atoms in total. The lowest BCUT2D eigenvalue weighted by Gasteiger charge is -2.12. The maximum absolute atomic E-state index is 7.74. The summed E-state index contributed by atoms with van der Waals surface area (Å²) in [5.41, 5.74) is 6.59. The molecular formula is C13H20N2OS2. The number of nitrogens with two attached hydrogens (primary N) is 1. The van der Waals surface area contributed by atoms with Crippen molar-refractivity contribution >= 4 is 29.4 Å². The molecule has 1 rings (SSSR count). The molecule has 0 spiro atoms. The van der Waals surface area contributed by atoms with Gasteiger partial charge in [0, 0.05) is 34.8 Å². The number of nitrogens with one attached hydrogen (secondary N) is 1. The molecule has 1 aromatic rings. The lowest BCUT2D eigenvalue weighted by atomic mass is 10.2. The molecule has 0 bridgehead atoms. The van der Waals surface area contributed by atoms with Crippen LogP contribution in [0.15, 0.2) is 28.0 Å². The van der Waals surface area contributed by atoms with E-state index in [1.165, 1.54) is 0 Å². The molecule has 0 aliphatic carbocycles. The summed E-state index contributed by atoms with van der Waals surface area (Å²) < 4.78 is 5.04. The molecule has 0 radical (unpaired) electrons. The summed E-state index contributed by atoms with van der Waals surface area (Å²) in [6.07, 6.45) is 1.00. The van der Waals surface area contributed by atoms with Gasteiger partial charge in [0.25, 0.3) is 0 Å². The molecule has 1 aromatic carbocycles. The molecule has 3 N–H and O–H groups in total. The van der Waals surface area contributed by atoms with E-state index in [4.69, 9.17) is 15.9 Å². The van der Waals surface area contributed by atoms with Crippen molar-refractivity contribution in [2.45, 2.75) is 23.1 Å². The van der Waals surface area contributed by atoms with E-state index in [0.29, 0.717) is 0 Å². The van der Waals surface area contributed by atoms with Crippen LogP contribution in [-0.4, -0.2) is 31.1 Å². The molecule has 0 aliphatic heterocycles. The second kappa shape index (κ2) is 8.45. The van der Waals surface area contributed by atoms with Crippen molar-refractivity contribution < 1.29 is 4.74 Å². The number of hydrogen-bond acceptors (Lipinski definition) is 4. The molecule has 100 valence electrons. The van der Waals surface area contributed by atoms with Gasteiger partial charge in [0.05, 0.1) is 0 Å². The number of thioether (sulfide) groups is 2. The Morgan fingerprint density at radius 1 is 1.33 bits per heavy atom. The number of rotatable bonds is 8. The predicted octanol–water partition coefficient (Wildman–Crippen LogP) is 3.21. The molecule has 0 fully saturated rings. The molecular weight excluding hydrogens is 264 g/mol. The van der Waals surface area contributed by atoms with Crippen LogP contribution in [0.2, 0.25) is 0 Å². The van der Waals surface area contributed by atoms with Crippen LogP contribution in [0.3, 0.4) is 0 Å². The van der Waals surface area contributed by atoms with Gasteiger partial charge in [0.15, 0.2) is 0 Å². The molecule has 0 amide bonds. The van der Waals surface area contributed by atoms with Gasteiger partial charge in [-0.1, -0.05) is 13.0 Å². The fourth-order valence-corrected chi connectivity index (χ4v) is 3.49. The molecule has 0 saturated carbocycles. The zero-order valence-electron chi connectivity index (χ0n) is 10.9. The number of hydrogen-bond donors (Lipinski definition) is 2. The normalized spacial score (nSPS) is 10.6. The third kappa shape index (κ3) is 4.55. The monoisotopic (exact) mass is 284 g/mol. The smallest absolute Gasteiger partial charge is 0.125 e. The first-order valence-electron chi connectivity index (χ1n) is 5.92. The van der Waals surface area contributed by atoms with E-state index in [-0.39, 0.29) is 5.84 Å². The van der Waals surface area contributed by atoms with Crippen LogP contribution >= 0.6 is 23.5 Å². The highest BCUT2D eigenvalue weighted by atomic mass is 32.2. The van der Waals surface area contributed by atoms with Crippen LogP contribution in [0.4, 0.5) is 0 Å². The summed E-state index contributed by atoms with van der Waals surface area (Å²) in [5, 5.41) is 7.74. The first-order chi connectivity index (χ1) is 8.70. The zero-order chi connectivity index (χ0) is 13.4. The van der Waals surface area contributed by atoms with E-state index in [9.17, 15) is 0 Å². The Labute approximate surface area is 117 Å². The van der Waals surface area contributed by atoms with Crippen molar-refractivity contribution in [1.82, 2.24) is 0 Å². The maximum atomic E-state index is 7.74. The Kier molecular flexibility index (Phi) is 7.23. The Balaban J connectivity index is 2.82. The summed E-state index contributed by atoms with van der Waals surface area (Å²) in [4.78, 5) is 2.19. The van der Waals surface area contributed by atoms with Gasteiger partial charge in [-0.25, -0.2) is 0 Å². The van der Waals surface area contributed by atoms with Crippen molar-refractivity contribution in [2.24, 2.45) is 5.73 Å². The fourth-order valence-electron chi connectivity index (χ4n) is 1.56. The summed E-state index contributed by atoms with van der Waals surface area (Å²) in [5.74, 6) is 2.12.